The fraction of sp³-hybridized carbons (Fsp3) is 0.667. The van der Waals surface area contributed by atoms with Crippen LogP contribution < -0.4 is 15.8 Å². The summed E-state index contributed by atoms with van der Waals surface area (Å²) in [4.78, 5) is 8.18. The van der Waals surface area contributed by atoms with Crippen molar-refractivity contribution in [1.29, 1.82) is 0 Å². The zero-order valence-corrected chi connectivity index (χ0v) is 10.6. The highest BCUT2D eigenvalue weighted by Crippen LogP contribution is 2.38. The Morgan fingerprint density at radius 1 is 1.53 bits per heavy atom. The minimum absolute atomic E-state index is 0.0588. The fourth-order valence-corrected chi connectivity index (χ4v) is 1.75. The quantitative estimate of drug-likeness (QED) is 0.817. The molecule has 1 aromatic heterocycles. The molecule has 17 heavy (non-hydrogen) atoms. The van der Waals surface area contributed by atoms with Crippen LogP contribution in [0.3, 0.4) is 0 Å². The topological polar surface area (TPSA) is 73.1 Å². The van der Waals surface area contributed by atoms with Crippen molar-refractivity contribution >= 4 is 11.5 Å². The Kier molecular flexibility index (Phi) is 3.36. The second kappa shape index (κ2) is 4.77. The summed E-state index contributed by atoms with van der Waals surface area (Å²) < 4.78 is 5.51. The first-order valence-corrected chi connectivity index (χ1v) is 6.09. The molecule has 94 valence electrons. The predicted molar refractivity (Wildman–Crippen MR) is 68.0 cm³/mol. The number of aromatic nitrogens is 2. The third-order valence-electron chi connectivity index (χ3n) is 3.00. The molecule has 2 atom stereocenters. The SMILES string of the molecule is CC(C)Oc1ncnc(NCC2CC2C)c1N. The van der Waals surface area contributed by atoms with Crippen LogP contribution in [0.2, 0.25) is 0 Å². The number of anilines is 2. The molecule has 1 heterocycles. The molecular formula is C12H20N4O. The monoisotopic (exact) mass is 236 g/mol. The highest BCUT2D eigenvalue weighted by Gasteiger charge is 2.32. The van der Waals surface area contributed by atoms with Crippen LogP contribution in [0, 0.1) is 11.8 Å². The number of rotatable bonds is 5. The van der Waals surface area contributed by atoms with Gasteiger partial charge in [-0.3, -0.25) is 0 Å². The van der Waals surface area contributed by atoms with Gasteiger partial charge in [0.15, 0.2) is 5.82 Å². The molecule has 1 aromatic rings. The van der Waals surface area contributed by atoms with Crippen LogP contribution in [0.5, 0.6) is 5.88 Å². The van der Waals surface area contributed by atoms with Gasteiger partial charge in [-0.1, -0.05) is 6.92 Å². The zero-order chi connectivity index (χ0) is 12.4. The zero-order valence-electron chi connectivity index (χ0n) is 10.6. The molecule has 5 heteroatoms. The van der Waals surface area contributed by atoms with Gasteiger partial charge in [0.05, 0.1) is 6.10 Å². The minimum Gasteiger partial charge on any atom is -0.473 e. The summed E-state index contributed by atoms with van der Waals surface area (Å²) in [6.45, 7) is 7.06. The van der Waals surface area contributed by atoms with Gasteiger partial charge in [0, 0.05) is 6.54 Å². The lowest BCUT2D eigenvalue weighted by molar-refractivity contribution is 0.234. The highest BCUT2D eigenvalue weighted by atomic mass is 16.5. The first-order chi connectivity index (χ1) is 8.08. The molecule has 0 saturated heterocycles. The number of nitrogens with two attached hydrogens (primary N) is 1. The van der Waals surface area contributed by atoms with Crippen molar-refractivity contribution in [3.63, 3.8) is 0 Å². The van der Waals surface area contributed by atoms with Crippen LogP contribution in [0.15, 0.2) is 6.33 Å². The molecule has 2 rings (SSSR count). The Morgan fingerprint density at radius 2 is 2.24 bits per heavy atom. The Morgan fingerprint density at radius 3 is 2.82 bits per heavy atom. The van der Waals surface area contributed by atoms with Crippen LogP contribution in [0.4, 0.5) is 11.5 Å². The van der Waals surface area contributed by atoms with E-state index in [1.165, 1.54) is 12.7 Å². The Bertz CT molecular complexity index is 394. The lowest BCUT2D eigenvalue weighted by Gasteiger charge is -2.13. The lowest BCUT2D eigenvalue weighted by Crippen LogP contribution is -2.13. The molecule has 0 aliphatic heterocycles. The van der Waals surface area contributed by atoms with Gasteiger partial charge in [0.1, 0.15) is 12.0 Å². The summed E-state index contributed by atoms with van der Waals surface area (Å²) in [5.41, 5.74) is 6.46. The van der Waals surface area contributed by atoms with E-state index < -0.39 is 0 Å². The summed E-state index contributed by atoms with van der Waals surface area (Å²) in [6.07, 6.45) is 2.82. The van der Waals surface area contributed by atoms with Gasteiger partial charge in [-0.15, -0.1) is 0 Å². The van der Waals surface area contributed by atoms with Gasteiger partial charge < -0.3 is 15.8 Å². The number of nitrogens with zero attached hydrogens (tertiary/aromatic N) is 2. The van der Waals surface area contributed by atoms with Crippen molar-refractivity contribution in [2.45, 2.75) is 33.3 Å². The Labute approximate surface area is 102 Å². The van der Waals surface area contributed by atoms with Crippen molar-refractivity contribution in [1.82, 2.24) is 9.97 Å². The van der Waals surface area contributed by atoms with Crippen molar-refractivity contribution < 1.29 is 4.74 Å². The van der Waals surface area contributed by atoms with Gasteiger partial charge in [0.25, 0.3) is 0 Å². The molecule has 1 aliphatic carbocycles. The summed E-state index contributed by atoms with van der Waals surface area (Å²) in [5, 5.41) is 3.26. The predicted octanol–water partition coefficient (Wildman–Crippen LogP) is 1.91. The van der Waals surface area contributed by atoms with Crippen LogP contribution >= 0.6 is 0 Å². The fourth-order valence-electron chi connectivity index (χ4n) is 1.75. The molecule has 1 saturated carbocycles. The smallest absolute Gasteiger partial charge is 0.242 e. The Balaban J connectivity index is 2.00. The van der Waals surface area contributed by atoms with Gasteiger partial charge >= 0.3 is 0 Å². The van der Waals surface area contributed by atoms with Crippen molar-refractivity contribution in [3.05, 3.63) is 6.33 Å². The molecular weight excluding hydrogens is 216 g/mol. The van der Waals surface area contributed by atoms with Crippen molar-refractivity contribution in [2.24, 2.45) is 11.8 Å². The van der Waals surface area contributed by atoms with E-state index >= 15 is 0 Å². The number of nitrogens with one attached hydrogen (secondary N) is 1. The van der Waals surface area contributed by atoms with Crippen LogP contribution in [0.25, 0.3) is 0 Å². The third-order valence-corrected chi connectivity index (χ3v) is 3.00. The highest BCUT2D eigenvalue weighted by molar-refractivity contribution is 5.66. The maximum absolute atomic E-state index is 5.96. The molecule has 0 radical (unpaired) electrons. The van der Waals surface area contributed by atoms with E-state index in [2.05, 4.69) is 22.2 Å². The second-order valence-corrected chi connectivity index (χ2v) is 4.96. The van der Waals surface area contributed by atoms with Gasteiger partial charge in [-0.2, -0.15) is 4.98 Å². The molecule has 5 nitrogen and oxygen atoms in total. The molecule has 3 N–H and O–H groups in total. The number of nitrogen functional groups attached to an aromatic ring is 1. The van der Waals surface area contributed by atoms with Crippen molar-refractivity contribution in [3.8, 4) is 5.88 Å². The minimum atomic E-state index is 0.0588. The Hall–Kier alpha value is -1.52. The third kappa shape index (κ3) is 2.99. The van der Waals surface area contributed by atoms with E-state index in [4.69, 9.17) is 10.5 Å². The van der Waals surface area contributed by atoms with E-state index in [1.54, 1.807) is 0 Å². The van der Waals surface area contributed by atoms with E-state index in [0.717, 1.165) is 18.4 Å². The molecule has 1 aliphatic rings. The lowest BCUT2D eigenvalue weighted by atomic mass is 10.3. The summed E-state index contributed by atoms with van der Waals surface area (Å²) >= 11 is 0. The summed E-state index contributed by atoms with van der Waals surface area (Å²) in [5.74, 6) is 2.70. The number of ether oxygens (including phenoxy) is 1. The summed E-state index contributed by atoms with van der Waals surface area (Å²) in [6, 6.07) is 0. The van der Waals surface area contributed by atoms with Crippen LogP contribution in [-0.4, -0.2) is 22.6 Å². The van der Waals surface area contributed by atoms with E-state index in [1.807, 2.05) is 13.8 Å². The first-order valence-electron chi connectivity index (χ1n) is 6.09. The summed E-state index contributed by atoms with van der Waals surface area (Å²) in [7, 11) is 0. The van der Waals surface area contributed by atoms with E-state index in [9.17, 15) is 0 Å². The average Bonchev–Trinajstić information content (AvgIpc) is 2.95. The molecule has 0 bridgehead atoms. The maximum atomic E-state index is 5.96. The first kappa shape index (κ1) is 12.0. The van der Waals surface area contributed by atoms with Gasteiger partial charge in [-0.25, -0.2) is 4.98 Å². The number of hydrogen-bond donors (Lipinski definition) is 2. The van der Waals surface area contributed by atoms with Crippen LogP contribution in [0.1, 0.15) is 27.2 Å². The second-order valence-electron chi connectivity index (χ2n) is 4.96. The molecule has 0 spiro atoms. The standard InChI is InChI=1S/C12H20N4O/c1-7(2)17-12-10(13)11(15-6-16-12)14-5-9-4-8(9)3/h6-9H,4-5,13H2,1-3H3,(H,14,15,16). The molecule has 0 aromatic carbocycles. The average molecular weight is 236 g/mol. The van der Waals surface area contributed by atoms with Gasteiger partial charge in [-0.05, 0) is 32.1 Å². The van der Waals surface area contributed by atoms with E-state index in [-0.39, 0.29) is 6.10 Å². The molecule has 0 amide bonds. The van der Waals surface area contributed by atoms with Gasteiger partial charge in [0.2, 0.25) is 5.88 Å². The van der Waals surface area contributed by atoms with Crippen molar-refractivity contribution in [2.75, 3.05) is 17.6 Å². The normalized spacial score (nSPS) is 22.6. The molecule has 1 fully saturated rings. The maximum Gasteiger partial charge on any atom is 0.242 e. The largest absolute Gasteiger partial charge is 0.473 e. The van der Waals surface area contributed by atoms with E-state index in [0.29, 0.717) is 17.4 Å². The molecule has 2 unspecified atom stereocenters. The van der Waals surface area contributed by atoms with Crippen LogP contribution in [-0.2, 0) is 0 Å². The number of hydrogen-bond acceptors (Lipinski definition) is 5.